The minimum atomic E-state index is -0.638. The maximum absolute atomic E-state index is 12.8. The molecule has 1 aromatic heterocycles. The van der Waals surface area contributed by atoms with Gasteiger partial charge in [-0.2, -0.15) is 0 Å². The number of hydrogen-bond donors (Lipinski definition) is 1. The lowest BCUT2D eigenvalue weighted by atomic mass is 10.0. The van der Waals surface area contributed by atoms with E-state index in [9.17, 15) is 9.59 Å². The van der Waals surface area contributed by atoms with E-state index in [0.29, 0.717) is 5.82 Å². The molecule has 7 heteroatoms. The van der Waals surface area contributed by atoms with Crippen molar-refractivity contribution in [2.24, 2.45) is 0 Å². The summed E-state index contributed by atoms with van der Waals surface area (Å²) in [4.78, 5) is 29.2. The number of para-hydroxylation sites is 2. The Hall–Kier alpha value is -3.09. The highest BCUT2D eigenvalue weighted by Crippen LogP contribution is 2.31. The molecule has 0 aliphatic carbocycles. The lowest BCUT2D eigenvalue weighted by Gasteiger charge is -2.26. The minimum absolute atomic E-state index is 0.0358. The molecule has 0 bridgehead atoms. The zero-order valence-corrected chi connectivity index (χ0v) is 15.7. The number of benzene rings is 1. The van der Waals surface area contributed by atoms with E-state index in [1.54, 1.807) is 18.6 Å². The number of anilines is 1. The van der Waals surface area contributed by atoms with Gasteiger partial charge in [-0.25, -0.2) is 9.78 Å². The van der Waals surface area contributed by atoms with Crippen LogP contribution in [0, 0.1) is 0 Å². The Labute approximate surface area is 157 Å². The van der Waals surface area contributed by atoms with E-state index >= 15 is 0 Å². The van der Waals surface area contributed by atoms with Gasteiger partial charge in [0.15, 0.2) is 0 Å². The molecule has 0 amide bonds. The Morgan fingerprint density at radius 3 is 2.93 bits per heavy atom. The van der Waals surface area contributed by atoms with Gasteiger partial charge in [-0.05, 0) is 38.8 Å². The molecule has 1 aromatic carbocycles. The van der Waals surface area contributed by atoms with Crippen molar-refractivity contribution in [2.75, 3.05) is 19.0 Å². The number of hydrogen-bond acceptors (Lipinski definition) is 6. The summed E-state index contributed by atoms with van der Waals surface area (Å²) >= 11 is 0. The average molecular weight is 369 g/mol. The van der Waals surface area contributed by atoms with Crippen LogP contribution < -0.4 is 15.6 Å². The molecule has 1 aliphatic heterocycles. The second-order valence-corrected chi connectivity index (χ2v) is 6.29. The minimum Gasteiger partial charge on any atom is -0.495 e. The van der Waals surface area contributed by atoms with E-state index in [4.69, 9.17) is 9.47 Å². The summed E-state index contributed by atoms with van der Waals surface area (Å²) in [5.74, 6) is 0.650. The third-order valence-corrected chi connectivity index (χ3v) is 4.56. The van der Waals surface area contributed by atoms with Gasteiger partial charge in [0.05, 0.1) is 19.4 Å². The Kier molecular flexibility index (Phi) is 5.59. The molecule has 0 saturated heterocycles. The topological polar surface area (TPSA) is 82.5 Å². The number of esters is 1. The monoisotopic (exact) mass is 369 g/mol. The summed E-state index contributed by atoms with van der Waals surface area (Å²) in [5.41, 5.74) is 1.31. The van der Waals surface area contributed by atoms with Gasteiger partial charge in [-0.3, -0.25) is 9.36 Å². The van der Waals surface area contributed by atoms with Gasteiger partial charge in [0.2, 0.25) is 0 Å². The van der Waals surface area contributed by atoms with Crippen LogP contribution in [0.3, 0.4) is 0 Å². The van der Waals surface area contributed by atoms with Crippen molar-refractivity contribution in [1.82, 2.24) is 9.55 Å². The largest absolute Gasteiger partial charge is 0.495 e. The van der Waals surface area contributed by atoms with Gasteiger partial charge in [-0.1, -0.05) is 12.1 Å². The first-order valence-electron chi connectivity index (χ1n) is 8.94. The van der Waals surface area contributed by atoms with Crippen molar-refractivity contribution in [2.45, 2.75) is 32.7 Å². The molecule has 1 aliphatic rings. The maximum atomic E-state index is 12.8. The molecule has 2 heterocycles. The predicted octanol–water partition coefficient (Wildman–Crippen LogP) is 3.24. The van der Waals surface area contributed by atoms with Crippen LogP contribution in [-0.4, -0.2) is 29.2 Å². The molecule has 7 nitrogen and oxygen atoms in total. The maximum Gasteiger partial charge on any atom is 0.345 e. The van der Waals surface area contributed by atoms with Crippen molar-refractivity contribution in [3.05, 3.63) is 58.4 Å². The van der Waals surface area contributed by atoms with Gasteiger partial charge in [0.25, 0.3) is 5.56 Å². The first-order chi connectivity index (χ1) is 13.1. The summed E-state index contributed by atoms with van der Waals surface area (Å²) in [7, 11) is 1.61. The van der Waals surface area contributed by atoms with Crippen molar-refractivity contribution < 1.29 is 14.3 Å². The van der Waals surface area contributed by atoms with Gasteiger partial charge in [-0.15, -0.1) is 0 Å². The van der Waals surface area contributed by atoms with Crippen molar-refractivity contribution in [3.8, 4) is 5.75 Å². The fourth-order valence-corrected chi connectivity index (χ4v) is 3.14. The second-order valence-electron chi connectivity index (χ2n) is 6.29. The summed E-state index contributed by atoms with van der Waals surface area (Å²) in [6.45, 7) is 3.86. The van der Waals surface area contributed by atoms with Crippen LogP contribution in [0.2, 0.25) is 0 Å². The standard InChI is InChI=1S/C20H23N3O4/c1-4-27-20(25)15-12-22-18-14(10-9-13(2)23(18)19(15)24)11-21-16-7-5-6-8-17(16)26-3/h5-8,11-13,21H,4,9-10H2,1-3H3/b14-11-. The van der Waals surface area contributed by atoms with Crippen LogP contribution in [0.15, 0.2) is 41.5 Å². The van der Waals surface area contributed by atoms with Crippen LogP contribution in [0.25, 0.3) is 5.57 Å². The molecule has 1 N–H and O–H groups in total. The quantitative estimate of drug-likeness (QED) is 0.815. The smallest absolute Gasteiger partial charge is 0.345 e. The summed E-state index contributed by atoms with van der Waals surface area (Å²) in [6, 6.07) is 7.54. The van der Waals surface area contributed by atoms with E-state index in [0.717, 1.165) is 29.9 Å². The number of carbonyl (C=O) groups excluding carboxylic acids is 1. The Morgan fingerprint density at radius 1 is 1.41 bits per heavy atom. The number of allylic oxidation sites excluding steroid dienone is 1. The average Bonchev–Trinajstić information content (AvgIpc) is 2.68. The molecule has 27 heavy (non-hydrogen) atoms. The molecular formula is C20H23N3O4. The third-order valence-electron chi connectivity index (χ3n) is 4.56. The molecule has 3 rings (SSSR count). The highest BCUT2D eigenvalue weighted by Gasteiger charge is 2.26. The molecule has 1 unspecified atom stereocenters. The SMILES string of the molecule is CCOC(=O)c1cnc2n(c1=O)C(C)CC/C2=C/Nc1ccccc1OC. The van der Waals surface area contributed by atoms with E-state index in [2.05, 4.69) is 10.3 Å². The van der Waals surface area contributed by atoms with Crippen LogP contribution in [0.4, 0.5) is 5.69 Å². The van der Waals surface area contributed by atoms with Crippen LogP contribution >= 0.6 is 0 Å². The number of carbonyl (C=O) groups is 1. The predicted molar refractivity (Wildman–Crippen MR) is 103 cm³/mol. The molecule has 0 spiro atoms. The number of fused-ring (bicyclic) bond motifs is 1. The number of rotatable bonds is 5. The highest BCUT2D eigenvalue weighted by molar-refractivity contribution is 5.88. The van der Waals surface area contributed by atoms with Crippen LogP contribution in [0.1, 0.15) is 48.9 Å². The summed E-state index contributed by atoms with van der Waals surface area (Å²) in [6.07, 6.45) is 4.70. The third kappa shape index (κ3) is 3.72. The summed E-state index contributed by atoms with van der Waals surface area (Å²) in [5, 5.41) is 3.23. The van der Waals surface area contributed by atoms with Gasteiger partial charge in [0.1, 0.15) is 17.1 Å². The molecule has 142 valence electrons. The molecule has 0 fully saturated rings. The highest BCUT2D eigenvalue weighted by atomic mass is 16.5. The molecule has 1 atom stereocenters. The Balaban J connectivity index is 1.98. The van der Waals surface area contributed by atoms with Crippen LogP contribution in [-0.2, 0) is 4.74 Å². The van der Waals surface area contributed by atoms with E-state index in [-0.39, 0.29) is 23.8 Å². The fourth-order valence-electron chi connectivity index (χ4n) is 3.14. The number of methoxy groups -OCH3 is 1. The lowest BCUT2D eigenvalue weighted by molar-refractivity contribution is 0.0522. The number of aromatic nitrogens is 2. The number of nitrogens with zero attached hydrogens (tertiary/aromatic N) is 2. The van der Waals surface area contributed by atoms with Crippen LogP contribution in [0.5, 0.6) is 5.75 Å². The van der Waals surface area contributed by atoms with Gasteiger partial charge < -0.3 is 14.8 Å². The van der Waals surface area contributed by atoms with Crippen molar-refractivity contribution >= 4 is 17.2 Å². The Bertz CT molecular complexity index is 933. The second kappa shape index (κ2) is 8.07. The van der Waals surface area contributed by atoms with Gasteiger partial charge in [0, 0.05) is 24.0 Å². The molecule has 0 radical (unpaired) electrons. The summed E-state index contributed by atoms with van der Waals surface area (Å²) < 4.78 is 11.9. The lowest BCUT2D eigenvalue weighted by Crippen LogP contribution is -2.34. The van der Waals surface area contributed by atoms with Crippen molar-refractivity contribution in [3.63, 3.8) is 0 Å². The normalized spacial score (nSPS) is 17.3. The molecular weight excluding hydrogens is 346 g/mol. The fraction of sp³-hybridized carbons (Fsp3) is 0.350. The number of ether oxygens (including phenoxy) is 2. The molecule has 0 saturated carbocycles. The van der Waals surface area contributed by atoms with E-state index in [1.807, 2.05) is 37.4 Å². The zero-order chi connectivity index (χ0) is 19.4. The van der Waals surface area contributed by atoms with Crippen molar-refractivity contribution in [1.29, 1.82) is 0 Å². The first kappa shape index (κ1) is 18.7. The Morgan fingerprint density at radius 2 is 2.19 bits per heavy atom. The first-order valence-corrected chi connectivity index (χ1v) is 8.94. The molecule has 2 aromatic rings. The van der Waals surface area contributed by atoms with E-state index < -0.39 is 5.97 Å². The number of nitrogens with one attached hydrogen (secondary N) is 1. The van der Waals surface area contributed by atoms with Gasteiger partial charge >= 0.3 is 5.97 Å². The zero-order valence-electron chi connectivity index (χ0n) is 15.7. The van der Waals surface area contributed by atoms with E-state index in [1.165, 1.54) is 6.20 Å².